The summed E-state index contributed by atoms with van der Waals surface area (Å²) in [5, 5.41) is 13.8. The number of nitrogens with one attached hydrogen (secondary N) is 2. The van der Waals surface area contributed by atoms with Gasteiger partial charge in [0.15, 0.2) is 5.69 Å². The standard InChI is InChI=1S/C15H15ClN6O3/c1-21-8-12(19-13(23)9-22-7-10(16)5-18-22)14(20-21)15(24)17-6-11-3-2-4-25-11/h2-5,7-8H,6,9H2,1H3,(H,17,24)(H,19,23). The molecule has 0 unspecified atom stereocenters. The first-order valence-corrected chi connectivity index (χ1v) is 7.71. The lowest BCUT2D eigenvalue weighted by atomic mass is 10.3. The number of aromatic nitrogens is 4. The van der Waals surface area contributed by atoms with E-state index in [0.717, 1.165) is 0 Å². The van der Waals surface area contributed by atoms with Gasteiger partial charge in [0.1, 0.15) is 12.3 Å². The third-order valence-electron chi connectivity index (χ3n) is 3.23. The molecule has 3 aromatic heterocycles. The molecule has 0 saturated heterocycles. The monoisotopic (exact) mass is 362 g/mol. The quantitative estimate of drug-likeness (QED) is 0.689. The summed E-state index contributed by atoms with van der Waals surface area (Å²) in [7, 11) is 1.66. The molecule has 130 valence electrons. The van der Waals surface area contributed by atoms with Gasteiger partial charge in [-0.2, -0.15) is 10.2 Å². The van der Waals surface area contributed by atoms with Crippen LogP contribution in [0.3, 0.4) is 0 Å². The van der Waals surface area contributed by atoms with E-state index in [1.165, 1.54) is 28.0 Å². The smallest absolute Gasteiger partial charge is 0.274 e. The Morgan fingerprint density at radius 3 is 2.88 bits per heavy atom. The van der Waals surface area contributed by atoms with Gasteiger partial charge in [0.25, 0.3) is 5.91 Å². The molecule has 0 aliphatic heterocycles. The number of furan rings is 1. The van der Waals surface area contributed by atoms with Gasteiger partial charge in [-0.15, -0.1) is 0 Å². The average molecular weight is 363 g/mol. The maximum absolute atomic E-state index is 12.3. The zero-order chi connectivity index (χ0) is 17.8. The minimum atomic E-state index is -0.422. The van der Waals surface area contributed by atoms with Gasteiger partial charge >= 0.3 is 0 Å². The van der Waals surface area contributed by atoms with Crippen LogP contribution in [0.1, 0.15) is 16.2 Å². The molecule has 0 aromatic carbocycles. The number of amides is 2. The summed E-state index contributed by atoms with van der Waals surface area (Å²) in [4.78, 5) is 24.4. The van der Waals surface area contributed by atoms with Crippen LogP contribution in [0.2, 0.25) is 5.02 Å². The maximum Gasteiger partial charge on any atom is 0.274 e. The van der Waals surface area contributed by atoms with Crippen LogP contribution >= 0.6 is 11.6 Å². The average Bonchev–Trinajstić information content (AvgIpc) is 3.27. The predicted molar refractivity (Wildman–Crippen MR) is 89.0 cm³/mol. The van der Waals surface area contributed by atoms with E-state index in [1.807, 2.05) is 0 Å². The Bertz CT molecular complexity index is 883. The van der Waals surface area contributed by atoms with Crippen LogP contribution in [0.15, 0.2) is 41.4 Å². The number of carbonyl (C=O) groups excluding carboxylic acids is 2. The molecule has 0 fully saturated rings. The minimum Gasteiger partial charge on any atom is -0.467 e. The first-order chi connectivity index (χ1) is 12.0. The number of halogens is 1. The Morgan fingerprint density at radius 1 is 1.36 bits per heavy atom. The van der Waals surface area contributed by atoms with Gasteiger partial charge in [0, 0.05) is 19.4 Å². The fourth-order valence-corrected chi connectivity index (χ4v) is 2.33. The molecule has 2 amide bonds. The number of carbonyl (C=O) groups is 2. The normalized spacial score (nSPS) is 10.6. The summed E-state index contributed by atoms with van der Waals surface area (Å²) in [6, 6.07) is 3.48. The highest BCUT2D eigenvalue weighted by atomic mass is 35.5. The summed E-state index contributed by atoms with van der Waals surface area (Å²) in [5.41, 5.74) is 0.420. The summed E-state index contributed by atoms with van der Waals surface area (Å²) in [5.74, 6) is -0.160. The van der Waals surface area contributed by atoms with E-state index in [4.69, 9.17) is 16.0 Å². The van der Waals surface area contributed by atoms with Crippen molar-refractivity contribution in [2.45, 2.75) is 13.1 Å². The van der Waals surface area contributed by atoms with Crippen molar-refractivity contribution in [3.63, 3.8) is 0 Å². The largest absolute Gasteiger partial charge is 0.467 e. The molecule has 10 heteroatoms. The molecule has 0 bridgehead atoms. The number of anilines is 1. The third kappa shape index (κ3) is 4.27. The topological polar surface area (TPSA) is 107 Å². The molecule has 0 aliphatic rings. The van der Waals surface area contributed by atoms with Crippen molar-refractivity contribution in [1.82, 2.24) is 24.9 Å². The summed E-state index contributed by atoms with van der Waals surface area (Å²) < 4.78 is 8.00. The van der Waals surface area contributed by atoms with Gasteiger partial charge in [0.2, 0.25) is 5.91 Å². The van der Waals surface area contributed by atoms with Crippen LogP contribution < -0.4 is 10.6 Å². The van der Waals surface area contributed by atoms with E-state index in [2.05, 4.69) is 20.8 Å². The van der Waals surface area contributed by atoms with Gasteiger partial charge < -0.3 is 15.1 Å². The van der Waals surface area contributed by atoms with Crippen molar-refractivity contribution in [2.75, 3.05) is 5.32 Å². The van der Waals surface area contributed by atoms with Crippen LogP contribution in [-0.4, -0.2) is 31.4 Å². The van der Waals surface area contributed by atoms with Crippen molar-refractivity contribution in [3.8, 4) is 0 Å². The highest BCUT2D eigenvalue weighted by molar-refractivity contribution is 6.30. The van der Waals surface area contributed by atoms with E-state index < -0.39 is 5.91 Å². The number of hydrogen-bond donors (Lipinski definition) is 2. The first kappa shape index (κ1) is 16.8. The molecule has 0 spiro atoms. The second-order valence-electron chi connectivity index (χ2n) is 5.23. The molecule has 0 radical (unpaired) electrons. The second kappa shape index (κ2) is 7.22. The van der Waals surface area contributed by atoms with E-state index >= 15 is 0 Å². The van der Waals surface area contributed by atoms with E-state index in [1.54, 1.807) is 25.4 Å². The molecule has 3 aromatic rings. The van der Waals surface area contributed by atoms with Gasteiger partial charge in [-0.05, 0) is 12.1 Å². The Morgan fingerprint density at radius 2 is 2.20 bits per heavy atom. The highest BCUT2D eigenvalue weighted by Gasteiger charge is 2.18. The van der Waals surface area contributed by atoms with Crippen LogP contribution in [0.5, 0.6) is 0 Å². The fourth-order valence-electron chi connectivity index (χ4n) is 2.17. The van der Waals surface area contributed by atoms with Crippen molar-refractivity contribution < 1.29 is 14.0 Å². The summed E-state index contributed by atoms with van der Waals surface area (Å²) in [6.45, 7) is 0.191. The lowest BCUT2D eigenvalue weighted by molar-refractivity contribution is -0.116. The third-order valence-corrected chi connectivity index (χ3v) is 3.42. The summed E-state index contributed by atoms with van der Waals surface area (Å²) >= 11 is 5.76. The molecule has 25 heavy (non-hydrogen) atoms. The molecule has 0 aliphatic carbocycles. The Hall–Kier alpha value is -3.07. The fraction of sp³-hybridized carbons (Fsp3) is 0.200. The van der Waals surface area contributed by atoms with Gasteiger partial charge in [-0.25, -0.2) is 0 Å². The number of rotatable bonds is 6. The lowest BCUT2D eigenvalue weighted by Crippen LogP contribution is -2.25. The van der Waals surface area contributed by atoms with Crippen molar-refractivity contribution in [1.29, 1.82) is 0 Å². The van der Waals surface area contributed by atoms with Gasteiger partial charge in [0.05, 0.1) is 29.7 Å². The molecular formula is C15H15ClN6O3. The summed E-state index contributed by atoms with van der Waals surface area (Å²) in [6.07, 6.45) is 6.04. The molecule has 0 saturated carbocycles. The molecule has 2 N–H and O–H groups in total. The zero-order valence-corrected chi connectivity index (χ0v) is 14.0. The predicted octanol–water partition coefficient (Wildman–Crippen LogP) is 1.43. The highest BCUT2D eigenvalue weighted by Crippen LogP contribution is 2.14. The molecule has 3 rings (SSSR count). The van der Waals surface area contributed by atoms with E-state index in [9.17, 15) is 9.59 Å². The molecule has 3 heterocycles. The molecular weight excluding hydrogens is 348 g/mol. The molecule has 9 nitrogen and oxygen atoms in total. The van der Waals surface area contributed by atoms with Crippen LogP contribution in [-0.2, 0) is 24.9 Å². The number of nitrogens with zero attached hydrogens (tertiary/aromatic N) is 4. The van der Waals surface area contributed by atoms with Gasteiger partial charge in [-0.3, -0.25) is 19.0 Å². The van der Waals surface area contributed by atoms with Crippen molar-refractivity contribution in [2.24, 2.45) is 7.05 Å². The van der Waals surface area contributed by atoms with E-state index in [-0.39, 0.29) is 24.7 Å². The second-order valence-corrected chi connectivity index (χ2v) is 5.67. The van der Waals surface area contributed by atoms with Crippen molar-refractivity contribution in [3.05, 3.63) is 53.5 Å². The van der Waals surface area contributed by atoms with Crippen LogP contribution in [0.4, 0.5) is 5.69 Å². The van der Waals surface area contributed by atoms with Crippen molar-refractivity contribution >= 4 is 29.1 Å². The Balaban J connectivity index is 1.65. The minimum absolute atomic E-state index is 0.0327. The lowest BCUT2D eigenvalue weighted by Gasteiger charge is -2.06. The maximum atomic E-state index is 12.3. The number of hydrogen-bond acceptors (Lipinski definition) is 5. The Kier molecular flexibility index (Phi) is 4.85. The number of aryl methyl sites for hydroxylation is 1. The Labute approximate surface area is 147 Å². The van der Waals surface area contributed by atoms with Crippen LogP contribution in [0.25, 0.3) is 0 Å². The SMILES string of the molecule is Cn1cc(NC(=O)Cn2cc(Cl)cn2)c(C(=O)NCc2ccco2)n1. The first-order valence-electron chi connectivity index (χ1n) is 7.33. The van der Waals surface area contributed by atoms with Crippen LogP contribution in [0, 0.1) is 0 Å². The molecule has 0 atom stereocenters. The zero-order valence-electron chi connectivity index (χ0n) is 13.3. The van der Waals surface area contributed by atoms with Gasteiger partial charge in [-0.1, -0.05) is 11.6 Å². The van der Waals surface area contributed by atoms with E-state index in [0.29, 0.717) is 16.5 Å².